The molecule has 0 fully saturated rings. The van der Waals surface area contributed by atoms with Gasteiger partial charge in [0.1, 0.15) is 5.70 Å². The third-order valence-electron chi connectivity index (χ3n) is 4.89. The summed E-state index contributed by atoms with van der Waals surface area (Å²) in [4.78, 5) is 35.9. The van der Waals surface area contributed by atoms with Crippen LogP contribution in [0.15, 0.2) is 71.5 Å². The molecule has 11 nitrogen and oxygen atoms in total. The van der Waals surface area contributed by atoms with Crippen LogP contribution < -0.4 is 20.2 Å². The van der Waals surface area contributed by atoms with E-state index in [0.717, 1.165) is 12.3 Å². The van der Waals surface area contributed by atoms with Crippen LogP contribution in [0.4, 0.5) is 5.69 Å². The molecule has 12 heteroatoms. The van der Waals surface area contributed by atoms with Crippen molar-refractivity contribution in [2.24, 2.45) is 5.10 Å². The Morgan fingerprint density at radius 3 is 2.58 bits per heavy atom. The number of hydrogen-bond donors (Lipinski definition) is 3. The standard InChI is InChI=1S/C24H17ClN4O7/c25-17-10-16(22(30)19(11-17)29(33)34)12-26-28-24(32)18(27-23(31)15-4-2-1-3-5-15)8-14-6-7-20-21(9-14)36-13-35-20/h1-12,30H,13H2,(H,27,31)(H,28,32)/b18-8+,26-12-. The Bertz CT molecular complexity index is 1410. The molecule has 0 unspecified atom stereocenters. The van der Waals surface area contributed by atoms with Crippen LogP contribution in [0.25, 0.3) is 6.08 Å². The maximum absolute atomic E-state index is 12.9. The van der Waals surface area contributed by atoms with Gasteiger partial charge in [0.2, 0.25) is 12.5 Å². The number of rotatable bonds is 7. The molecule has 4 rings (SSSR count). The van der Waals surface area contributed by atoms with Gasteiger partial charge in [-0.15, -0.1) is 0 Å². The second kappa shape index (κ2) is 10.6. The highest BCUT2D eigenvalue weighted by molar-refractivity contribution is 6.31. The monoisotopic (exact) mass is 508 g/mol. The van der Waals surface area contributed by atoms with Gasteiger partial charge in [-0.3, -0.25) is 19.7 Å². The second-order valence-electron chi connectivity index (χ2n) is 7.31. The normalized spacial score (nSPS) is 12.4. The van der Waals surface area contributed by atoms with Crippen LogP contribution in [0.2, 0.25) is 5.02 Å². The van der Waals surface area contributed by atoms with Crippen LogP contribution in [-0.2, 0) is 4.79 Å². The number of nitro groups is 1. The molecule has 182 valence electrons. The Morgan fingerprint density at radius 1 is 1.08 bits per heavy atom. The van der Waals surface area contributed by atoms with E-state index in [-0.39, 0.29) is 23.1 Å². The van der Waals surface area contributed by atoms with Crippen LogP contribution in [-0.4, -0.2) is 34.9 Å². The molecule has 36 heavy (non-hydrogen) atoms. The van der Waals surface area contributed by atoms with Crippen LogP contribution in [0.1, 0.15) is 21.5 Å². The van der Waals surface area contributed by atoms with Crippen molar-refractivity contribution in [2.45, 2.75) is 0 Å². The predicted molar refractivity (Wildman–Crippen MR) is 130 cm³/mol. The number of carbonyl (C=O) groups is 2. The number of ether oxygens (including phenoxy) is 2. The van der Waals surface area contributed by atoms with E-state index in [2.05, 4.69) is 15.8 Å². The molecule has 3 aromatic rings. The maximum Gasteiger partial charge on any atom is 0.312 e. The molecular weight excluding hydrogens is 492 g/mol. The van der Waals surface area contributed by atoms with E-state index >= 15 is 0 Å². The van der Waals surface area contributed by atoms with Crippen LogP contribution in [0.5, 0.6) is 17.2 Å². The van der Waals surface area contributed by atoms with Crippen molar-refractivity contribution in [1.82, 2.24) is 10.7 Å². The number of fused-ring (bicyclic) bond motifs is 1. The zero-order chi connectivity index (χ0) is 25.7. The van der Waals surface area contributed by atoms with Gasteiger partial charge in [0.15, 0.2) is 11.5 Å². The van der Waals surface area contributed by atoms with Crippen LogP contribution in [0, 0.1) is 10.1 Å². The van der Waals surface area contributed by atoms with Gasteiger partial charge in [-0.2, -0.15) is 5.10 Å². The average molecular weight is 509 g/mol. The number of halogens is 1. The van der Waals surface area contributed by atoms with E-state index in [0.29, 0.717) is 22.6 Å². The predicted octanol–water partition coefficient (Wildman–Crippen LogP) is 3.60. The number of benzene rings is 3. The van der Waals surface area contributed by atoms with Gasteiger partial charge in [0.05, 0.1) is 11.1 Å². The summed E-state index contributed by atoms with van der Waals surface area (Å²) in [6.07, 6.45) is 2.40. The van der Waals surface area contributed by atoms with Gasteiger partial charge in [-0.1, -0.05) is 35.9 Å². The summed E-state index contributed by atoms with van der Waals surface area (Å²) in [5.74, 6) is -0.981. The minimum Gasteiger partial charge on any atom is -0.502 e. The first-order valence-electron chi connectivity index (χ1n) is 10.3. The van der Waals surface area contributed by atoms with Crippen molar-refractivity contribution in [3.05, 3.63) is 98.2 Å². The van der Waals surface area contributed by atoms with E-state index in [1.807, 2.05) is 0 Å². The number of hydrazone groups is 1. The highest BCUT2D eigenvalue weighted by Crippen LogP contribution is 2.33. The van der Waals surface area contributed by atoms with Gasteiger partial charge in [-0.25, -0.2) is 5.43 Å². The third-order valence-corrected chi connectivity index (χ3v) is 5.11. The first kappa shape index (κ1) is 24.2. The van der Waals surface area contributed by atoms with E-state index in [9.17, 15) is 24.8 Å². The quantitative estimate of drug-likeness (QED) is 0.191. The molecule has 0 saturated heterocycles. The Kier molecular flexibility index (Phi) is 7.12. The lowest BCUT2D eigenvalue weighted by Gasteiger charge is -2.09. The molecule has 0 saturated carbocycles. The fraction of sp³-hybridized carbons (Fsp3) is 0.0417. The summed E-state index contributed by atoms with van der Waals surface area (Å²) in [5, 5.41) is 27.4. The molecule has 0 atom stereocenters. The molecule has 3 aromatic carbocycles. The number of nitrogens with one attached hydrogen (secondary N) is 2. The molecule has 0 aliphatic carbocycles. The van der Waals surface area contributed by atoms with E-state index < -0.39 is 28.2 Å². The minimum absolute atomic E-state index is 0.00852. The Balaban J connectivity index is 1.59. The number of aromatic hydroxyl groups is 1. The van der Waals surface area contributed by atoms with Crippen LogP contribution >= 0.6 is 11.6 Å². The van der Waals surface area contributed by atoms with Crippen molar-refractivity contribution in [3.8, 4) is 17.2 Å². The molecule has 0 radical (unpaired) electrons. The van der Waals surface area contributed by atoms with E-state index in [4.69, 9.17) is 21.1 Å². The molecule has 0 aromatic heterocycles. The van der Waals surface area contributed by atoms with Gasteiger partial charge in [-0.05, 0) is 42.0 Å². The van der Waals surface area contributed by atoms with E-state index in [1.165, 1.54) is 12.1 Å². The highest BCUT2D eigenvalue weighted by Gasteiger charge is 2.19. The fourth-order valence-corrected chi connectivity index (χ4v) is 3.40. The number of amides is 2. The summed E-state index contributed by atoms with van der Waals surface area (Å²) in [5.41, 5.74) is 2.21. The molecule has 2 amide bonds. The highest BCUT2D eigenvalue weighted by atomic mass is 35.5. The fourth-order valence-electron chi connectivity index (χ4n) is 3.18. The molecular formula is C24H17ClN4O7. The average Bonchev–Trinajstić information content (AvgIpc) is 3.33. The number of nitrogens with zero attached hydrogens (tertiary/aromatic N) is 2. The molecule has 3 N–H and O–H groups in total. The molecule has 1 aliphatic heterocycles. The van der Waals surface area contributed by atoms with Crippen molar-refractivity contribution in [2.75, 3.05) is 6.79 Å². The smallest absolute Gasteiger partial charge is 0.312 e. The Labute approximate surface area is 208 Å². The van der Waals surface area contributed by atoms with Crippen molar-refractivity contribution in [1.29, 1.82) is 0 Å². The summed E-state index contributed by atoms with van der Waals surface area (Å²) >= 11 is 5.86. The van der Waals surface area contributed by atoms with Gasteiger partial charge >= 0.3 is 5.69 Å². The third kappa shape index (κ3) is 5.59. The topological polar surface area (TPSA) is 152 Å². The minimum atomic E-state index is -0.803. The summed E-state index contributed by atoms with van der Waals surface area (Å²) in [6, 6.07) is 15.5. The van der Waals surface area contributed by atoms with Gasteiger partial charge in [0.25, 0.3) is 11.8 Å². The van der Waals surface area contributed by atoms with Crippen molar-refractivity contribution < 1.29 is 29.1 Å². The lowest BCUT2D eigenvalue weighted by Crippen LogP contribution is -2.32. The number of hydrogen-bond acceptors (Lipinski definition) is 8. The Hall–Kier alpha value is -4.90. The SMILES string of the molecule is O=C(N/N=C\c1cc(Cl)cc([N+](=O)[O-])c1O)/C(=C\c1ccc2c(c1)OCO2)NC(=O)c1ccccc1. The summed E-state index contributed by atoms with van der Waals surface area (Å²) < 4.78 is 10.6. The maximum atomic E-state index is 12.9. The molecule has 1 heterocycles. The van der Waals surface area contributed by atoms with Gasteiger partial charge < -0.3 is 19.9 Å². The van der Waals surface area contributed by atoms with E-state index in [1.54, 1.807) is 48.5 Å². The first-order valence-corrected chi connectivity index (χ1v) is 10.7. The van der Waals surface area contributed by atoms with Crippen molar-refractivity contribution >= 4 is 41.4 Å². The molecule has 1 aliphatic rings. The summed E-state index contributed by atoms with van der Waals surface area (Å²) in [6.45, 7) is 0.0732. The number of carbonyl (C=O) groups excluding carboxylic acids is 2. The number of phenolic OH excluding ortho intramolecular Hbond substituents is 1. The number of phenols is 1. The number of nitro benzene ring substituents is 1. The zero-order valence-corrected chi connectivity index (χ0v) is 19.1. The largest absolute Gasteiger partial charge is 0.502 e. The van der Waals surface area contributed by atoms with Crippen LogP contribution in [0.3, 0.4) is 0 Å². The first-order chi connectivity index (χ1) is 17.3. The van der Waals surface area contributed by atoms with Gasteiger partial charge in [0, 0.05) is 22.2 Å². The lowest BCUT2D eigenvalue weighted by molar-refractivity contribution is -0.385. The Morgan fingerprint density at radius 2 is 1.83 bits per heavy atom. The summed E-state index contributed by atoms with van der Waals surface area (Å²) in [7, 11) is 0. The zero-order valence-electron chi connectivity index (χ0n) is 18.3. The molecule has 0 bridgehead atoms. The van der Waals surface area contributed by atoms with Crippen molar-refractivity contribution in [3.63, 3.8) is 0 Å². The lowest BCUT2D eigenvalue weighted by atomic mass is 10.1. The molecule has 0 spiro atoms. The second-order valence-corrected chi connectivity index (χ2v) is 7.75.